The third kappa shape index (κ3) is 3.45. The second kappa shape index (κ2) is 7.07. The van der Waals surface area contributed by atoms with Crippen molar-refractivity contribution in [3.05, 3.63) is 65.0 Å². The summed E-state index contributed by atoms with van der Waals surface area (Å²) < 4.78 is 18.7. The number of amides is 1. The van der Waals surface area contributed by atoms with Crippen LogP contribution in [0.4, 0.5) is 4.39 Å². The molecular weight excluding hydrogens is 281 g/mol. The first kappa shape index (κ1) is 16.0. The zero-order chi connectivity index (χ0) is 16.1. The Hall–Kier alpha value is -2.36. The van der Waals surface area contributed by atoms with E-state index < -0.39 is 5.82 Å². The van der Waals surface area contributed by atoms with Crippen molar-refractivity contribution in [2.45, 2.75) is 20.4 Å². The molecular formula is C18H20FNO2. The highest BCUT2D eigenvalue weighted by molar-refractivity contribution is 5.97. The number of hydrogen-bond acceptors (Lipinski definition) is 2. The Bertz CT molecular complexity index is 670. The zero-order valence-electron chi connectivity index (χ0n) is 13.1. The number of ether oxygens (including phenoxy) is 1. The molecule has 2 rings (SSSR count). The Balaban J connectivity index is 2.30. The highest BCUT2D eigenvalue weighted by Crippen LogP contribution is 2.22. The first-order chi connectivity index (χ1) is 10.6. The molecule has 116 valence electrons. The maximum atomic E-state index is 13.5. The molecule has 0 bridgehead atoms. The average molecular weight is 301 g/mol. The molecule has 0 spiro atoms. The molecule has 0 aliphatic heterocycles. The third-order valence-corrected chi connectivity index (χ3v) is 3.68. The number of carbonyl (C=O) groups excluding carboxylic acids is 1. The van der Waals surface area contributed by atoms with Crippen molar-refractivity contribution in [2.24, 2.45) is 0 Å². The van der Waals surface area contributed by atoms with Crippen LogP contribution in [0.3, 0.4) is 0 Å². The Labute approximate surface area is 130 Å². The van der Waals surface area contributed by atoms with Crippen molar-refractivity contribution in [3.8, 4) is 5.75 Å². The van der Waals surface area contributed by atoms with Crippen LogP contribution in [0.25, 0.3) is 0 Å². The van der Waals surface area contributed by atoms with Crippen molar-refractivity contribution in [1.82, 2.24) is 4.90 Å². The first-order valence-electron chi connectivity index (χ1n) is 7.24. The summed E-state index contributed by atoms with van der Waals surface area (Å²) in [6.45, 7) is 4.94. The summed E-state index contributed by atoms with van der Waals surface area (Å²) in [6, 6.07) is 11.9. The lowest BCUT2D eigenvalue weighted by atomic mass is 10.1. The van der Waals surface area contributed by atoms with Crippen molar-refractivity contribution in [1.29, 1.82) is 0 Å². The molecule has 0 radical (unpaired) electrons. The molecule has 0 unspecified atom stereocenters. The number of hydrogen-bond donors (Lipinski definition) is 0. The number of aryl methyl sites for hydroxylation is 1. The van der Waals surface area contributed by atoms with E-state index in [9.17, 15) is 9.18 Å². The molecule has 0 saturated carbocycles. The van der Waals surface area contributed by atoms with Gasteiger partial charge in [-0.05, 0) is 43.2 Å². The summed E-state index contributed by atoms with van der Waals surface area (Å²) in [6.07, 6.45) is 0. The molecule has 0 atom stereocenters. The van der Waals surface area contributed by atoms with Gasteiger partial charge in [-0.2, -0.15) is 0 Å². The van der Waals surface area contributed by atoms with E-state index in [2.05, 4.69) is 0 Å². The Morgan fingerprint density at radius 1 is 1.23 bits per heavy atom. The fourth-order valence-corrected chi connectivity index (χ4v) is 2.34. The number of nitrogens with zero attached hydrogens (tertiary/aromatic N) is 1. The van der Waals surface area contributed by atoms with Crippen LogP contribution in [-0.4, -0.2) is 24.5 Å². The SMILES string of the molecule is CCN(Cc1ccccc1C)C(=O)c1cc(F)ccc1OC. The monoisotopic (exact) mass is 301 g/mol. The molecule has 0 heterocycles. The van der Waals surface area contributed by atoms with Gasteiger partial charge in [-0.15, -0.1) is 0 Å². The molecule has 0 saturated heterocycles. The van der Waals surface area contributed by atoms with E-state index in [0.29, 0.717) is 18.8 Å². The van der Waals surface area contributed by atoms with Gasteiger partial charge in [0.25, 0.3) is 5.91 Å². The van der Waals surface area contributed by atoms with Gasteiger partial charge >= 0.3 is 0 Å². The van der Waals surface area contributed by atoms with Crippen molar-refractivity contribution < 1.29 is 13.9 Å². The van der Waals surface area contributed by atoms with E-state index in [0.717, 1.165) is 11.1 Å². The third-order valence-electron chi connectivity index (χ3n) is 3.68. The van der Waals surface area contributed by atoms with E-state index in [1.54, 1.807) is 4.90 Å². The Kier molecular flexibility index (Phi) is 5.15. The quantitative estimate of drug-likeness (QED) is 0.840. The topological polar surface area (TPSA) is 29.5 Å². The van der Waals surface area contributed by atoms with Gasteiger partial charge in [-0.25, -0.2) is 4.39 Å². The van der Waals surface area contributed by atoms with E-state index in [1.807, 2.05) is 38.1 Å². The minimum atomic E-state index is -0.448. The van der Waals surface area contributed by atoms with Gasteiger partial charge in [0.2, 0.25) is 0 Å². The second-order valence-corrected chi connectivity index (χ2v) is 5.09. The first-order valence-corrected chi connectivity index (χ1v) is 7.24. The molecule has 0 fully saturated rings. The molecule has 0 aliphatic rings. The minimum absolute atomic E-state index is 0.234. The number of rotatable bonds is 5. The molecule has 2 aromatic carbocycles. The van der Waals surface area contributed by atoms with E-state index in [1.165, 1.54) is 25.3 Å². The lowest BCUT2D eigenvalue weighted by Gasteiger charge is -2.23. The second-order valence-electron chi connectivity index (χ2n) is 5.09. The summed E-state index contributed by atoms with van der Waals surface area (Å²) in [4.78, 5) is 14.4. The Morgan fingerprint density at radius 2 is 1.95 bits per heavy atom. The van der Waals surface area contributed by atoms with Gasteiger partial charge in [0.05, 0.1) is 12.7 Å². The van der Waals surface area contributed by atoms with Crippen LogP contribution >= 0.6 is 0 Å². The number of carbonyl (C=O) groups is 1. The maximum Gasteiger partial charge on any atom is 0.258 e. The maximum absolute atomic E-state index is 13.5. The van der Waals surface area contributed by atoms with Gasteiger partial charge in [-0.1, -0.05) is 24.3 Å². The molecule has 4 heteroatoms. The van der Waals surface area contributed by atoms with Crippen LogP contribution in [0.2, 0.25) is 0 Å². The number of methoxy groups -OCH3 is 1. The van der Waals surface area contributed by atoms with Crippen LogP contribution in [0.5, 0.6) is 5.75 Å². The standard InChI is InChI=1S/C18H20FNO2/c1-4-20(12-14-8-6-5-7-13(14)2)18(21)16-11-15(19)9-10-17(16)22-3/h5-11H,4,12H2,1-3H3. The van der Waals surface area contributed by atoms with Crippen molar-refractivity contribution in [2.75, 3.05) is 13.7 Å². The fraction of sp³-hybridized carbons (Fsp3) is 0.278. The van der Waals surface area contributed by atoms with E-state index >= 15 is 0 Å². The predicted molar refractivity (Wildman–Crippen MR) is 84.5 cm³/mol. The summed E-state index contributed by atoms with van der Waals surface area (Å²) in [5.41, 5.74) is 2.45. The fourth-order valence-electron chi connectivity index (χ4n) is 2.34. The van der Waals surface area contributed by atoms with Gasteiger partial charge < -0.3 is 9.64 Å². The average Bonchev–Trinajstić information content (AvgIpc) is 2.53. The number of halogens is 1. The molecule has 2 aromatic rings. The molecule has 0 aliphatic carbocycles. The summed E-state index contributed by atoms with van der Waals surface area (Å²) >= 11 is 0. The highest BCUT2D eigenvalue weighted by Gasteiger charge is 2.20. The van der Waals surface area contributed by atoms with E-state index in [4.69, 9.17) is 4.74 Å². The van der Waals surface area contributed by atoms with Crippen LogP contribution in [0.1, 0.15) is 28.4 Å². The van der Waals surface area contributed by atoms with Crippen LogP contribution in [0.15, 0.2) is 42.5 Å². The minimum Gasteiger partial charge on any atom is -0.496 e. The predicted octanol–water partition coefficient (Wildman–Crippen LogP) is 3.81. The van der Waals surface area contributed by atoms with Gasteiger partial charge in [0.15, 0.2) is 0 Å². The summed E-state index contributed by atoms with van der Waals surface area (Å²) in [5.74, 6) is -0.298. The summed E-state index contributed by atoms with van der Waals surface area (Å²) in [5, 5.41) is 0. The number of benzene rings is 2. The van der Waals surface area contributed by atoms with Gasteiger partial charge in [0.1, 0.15) is 11.6 Å². The molecule has 1 amide bonds. The van der Waals surface area contributed by atoms with E-state index in [-0.39, 0.29) is 11.5 Å². The molecule has 22 heavy (non-hydrogen) atoms. The van der Waals surface area contributed by atoms with Crippen molar-refractivity contribution >= 4 is 5.91 Å². The largest absolute Gasteiger partial charge is 0.496 e. The smallest absolute Gasteiger partial charge is 0.258 e. The highest BCUT2D eigenvalue weighted by atomic mass is 19.1. The zero-order valence-corrected chi connectivity index (χ0v) is 13.1. The molecule has 3 nitrogen and oxygen atoms in total. The summed E-state index contributed by atoms with van der Waals surface area (Å²) in [7, 11) is 1.47. The van der Waals surface area contributed by atoms with Crippen molar-refractivity contribution in [3.63, 3.8) is 0 Å². The van der Waals surface area contributed by atoms with Crippen LogP contribution in [0, 0.1) is 12.7 Å². The lowest BCUT2D eigenvalue weighted by Crippen LogP contribution is -2.31. The van der Waals surface area contributed by atoms with Crippen LogP contribution in [-0.2, 0) is 6.54 Å². The molecule has 0 N–H and O–H groups in total. The Morgan fingerprint density at radius 3 is 2.59 bits per heavy atom. The van der Waals surface area contributed by atoms with Gasteiger partial charge in [0, 0.05) is 13.1 Å². The van der Waals surface area contributed by atoms with Crippen LogP contribution < -0.4 is 4.74 Å². The normalized spacial score (nSPS) is 10.4. The molecule has 0 aromatic heterocycles. The van der Waals surface area contributed by atoms with Gasteiger partial charge in [-0.3, -0.25) is 4.79 Å². The lowest BCUT2D eigenvalue weighted by molar-refractivity contribution is 0.0748.